The van der Waals surface area contributed by atoms with Crippen LogP contribution in [0.25, 0.3) is 0 Å². The summed E-state index contributed by atoms with van der Waals surface area (Å²) in [6.45, 7) is 3.30. The Morgan fingerprint density at radius 3 is 3.00 bits per heavy atom. The van der Waals surface area contributed by atoms with Gasteiger partial charge in [-0.3, -0.25) is 5.32 Å². The molecule has 0 aromatic carbocycles. The van der Waals surface area contributed by atoms with Crippen LogP contribution in [0.2, 0.25) is 0 Å². The van der Waals surface area contributed by atoms with Gasteiger partial charge in [-0.2, -0.15) is 0 Å². The summed E-state index contributed by atoms with van der Waals surface area (Å²) in [5.41, 5.74) is 5.86. The van der Waals surface area contributed by atoms with E-state index in [1.807, 2.05) is 0 Å². The van der Waals surface area contributed by atoms with Gasteiger partial charge >= 0.3 is 0 Å². The lowest BCUT2D eigenvalue weighted by molar-refractivity contribution is 0.304. The molecule has 1 fully saturated rings. The maximum atomic E-state index is 5.86. The van der Waals surface area contributed by atoms with Gasteiger partial charge in [0, 0.05) is 0 Å². The van der Waals surface area contributed by atoms with Crippen LogP contribution in [0.4, 0.5) is 0 Å². The maximum Gasteiger partial charge on any atom is 0.0583 e. The largest absolute Gasteiger partial charge is 0.316 e. The van der Waals surface area contributed by atoms with Gasteiger partial charge in [0.1, 0.15) is 0 Å². The topological polar surface area (TPSA) is 50.1 Å². The number of hydrogen-bond donors (Lipinski definition) is 3. The van der Waals surface area contributed by atoms with Gasteiger partial charge in [-0.05, 0) is 32.2 Å². The average molecular weight is 171 g/mol. The zero-order chi connectivity index (χ0) is 8.81. The second-order valence-corrected chi connectivity index (χ2v) is 3.56. The highest BCUT2D eigenvalue weighted by Crippen LogP contribution is 2.05. The van der Waals surface area contributed by atoms with Crippen molar-refractivity contribution >= 4 is 0 Å². The van der Waals surface area contributed by atoms with Crippen molar-refractivity contribution in [2.45, 2.75) is 51.4 Å². The zero-order valence-corrected chi connectivity index (χ0v) is 7.97. The minimum absolute atomic E-state index is 0.172. The summed E-state index contributed by atoms with van der Waals surface area (Å²) < 4.78 is 0. The summed E-state index contributed by atoms with van der Waals surface area (Å²) in [7, 11) is 0. The first kappa shape index (κ1) is 9.96. The van der Waals surface area contributed by atoms with E-state index in [9.17, 15) is 0 Å². The Labute approximate surface area is 75.1 Å². The lowest BCUT2D eigenvalue weighted by atomic mass is 10.1. The van der Waals surface area contributed by atoms with E-state index in [4.69, 9.17) is 5.73 Å². The van der Waals surface area contributed by atoms with Crippen LogP contribution in [0.3, 0.4) is 0 Å². The molecule has 0 saturated carbocycles. The molecule has 3 heteroatoms. The van der Waals surface area contributed by atoms with Crippen LogP contribution in [0.5, 0.6) is 0 Å². The SMILES string of the molecule is CCCC(N)NC1CCCCN1. The van der Waals surface area contributed by atoms with Crippen LogP contribution in [-0.4, -0.2) is 18.9 Å². The molecule has 0 aromatic rings. The van der Waals surface area contributed by atoms with Crippen molar-refractivity contribution in [1.29, 1.82) is 0 Å². The van der Waals surface area contributed by atoms with Crippen molar-refractivity contribution in [2.24, 2.45) is 5.73 Å². The average Bonchev–Trinajstić information content (AvgIpc) is 2.06. The Kier molecular flexibility index (Phi) is 4.58. The van der Waals surface area contributed by atoms with E-state index in [2.05, 4.69) is 17.6 Å². The summed E-state index contributed by atoms with van der Waals surface area (Å²) in [4.78, 5) is 0. The summed E-state index contributed by atoms with van der Waals surface area (Å²) in [6, 6.07) is 0. The van der Waals surface area contributed by atoms with Gasteiger partial charge in [0.25, 0.3) is 0 Å². The van der Waals surface area contributed by atoms with Crippen LogP contribution in [-0.2, 0) is 0 Å². The number of rotatable bonds is 4. The Bertz CT molecular complexity index is 110. The smallest absolute Gasteiger partial charge is 0.0583 e. The van der Waals surface area contributed by atoms with Gasteiger partial charge in [0.15, 0.2) is 0 Å². The highest BCUT2D eigenvalue weighted by atomic mass is 15.2. The monoisotopic (exact) mass is 171 g/mol. The fourth-order valence-corrected chi connectivity index (χ4v) is 1.65. The lowest BCUT2D eigenvalue weighted by Gasteiger charge is -2.27. The van der Waals surface area contributed by atoms with Gasteiger partial charge in [-0.1, -0.05) is 13.3 Å². The van der Waals surface area contributed by atoms with Crippen LogP contribution in [0.15, 0.2) is 0 Å². The van der Waals surface area contributed by atoms with E-state index in [1.54, 1.807) is 0 Å². The molecule has 1 aliphatic heterocycles. The van der Waals surface area contributed by atoms with Crippen molar-refractivity contribution < 1.29 is 0 Å². The molecule has 1 rings (SSSR count). The van der Waals surface area contributed by atoms with E-state index in [1.165, 1.54) is 19.3 Å². The highest BCUT2D eigenvalue weighted by Gasteiger charge is 2.13. The first-order valence-corrected chi connectivity index (χ1v) is 5.08. The first-order chi connectivity index (χ1) is 5.83. The number of nitrogens with two attached hydrogens (primary N) is 1. The molecule has 4 N–H and O–H groups in total. The Morgan fingerprint density at radius 1 is 1.58 bits per heavy atom. The number of nitrogens with one attached hydrogen (secondary N) is 2. The van der Waals surface area contributed by atoms with E-state index >= 15 is 0 Å². The molecule has 3 nitrogen and oxygen atoms in total. The second kappa shape index (κ2) is 5.51. The van der Waals surface area contributed by atoms with Crippen molar-refractivity contribution in [3.63, 3.8) is 0 Å². The minimum Gasteiger partial charge on any atom is -0.316 e. The third-order valence-corrected chi connectivity index (χ3v) is 2.33. The lowest BCUT2D eigenvalue weighted by Crippen LogP contribution is -2.52. The molecular formula is C9H21N3. The molecule has 0 radical (unpaired) electrons. The zero-order valence-electron chi connectivity index (χ0n) is 7.97. The normalized spacial score (nSPS) is 27.0. The van der Waals surface area contributed by atoms with Gasteiger partial charge in [0.05, 0.1) is 12.3 Å². The standard InChI is InChI=1S/C9H21N3/c1-2-5-8(10)12-9-6-3-4-7-11-9/h8-9,11-12H,2-7,10H2,1H3. The molecule has 0 spiro atoms. The van der Waals surface area contributed by atoms with Crippen molar-refractivity contribution in [3.05, 3.63) is 0 Å². The number of hydrogen-bond acceptors (Lipinski definition) is 3. The van der Waals surface area contributed by atoms with Gasteiger partial charge in [0.2, 0.25) is 0 Å². The van der Waals surface area contributed by atoms with Crippen LogP contribution in [0.1, 0.15) is 39.0 Å². The molecule has 12 heavy (non-hydrogen) atoms. The van der Waals surface area contributed by atoms with E-state index in [0.717, 1.165) is 19.4 Å². The molecule has 1 aliphatic rings. The molecule has 0 aromatic heterocycles. The maximum absolute atomic E-state index is 5.86. The molecule has 2 atom stereocenters. The molecule has 0 aliphatic carbocycles. The fourth-order valence-electron chi connectivity index (χ4n) is 1.65. The second-order valence-electron chi connectivity index (χ2n) is 3.56. The third kappa shape index (κ3) is 3.52. The van der Waals surface area contributed by atoms with E-state index in [-0.39, 0.29) is 6.17 Å². The first-order valence-electron chi connectivity index (χ1n) is 5.08. The predicted molar refractivity (Wildman–Crippen MR) is 51.7 cm³/mol. The quantitative estimate of drug-likeness (QED) is 0.547. The summed E-state index contributed by atoms with van der Waals surface area (Å²) >= 11 is 0. The van der Waals surface area contributed by atoms with E-state index in [0.29, 0.717) is 6.17 Å². The molecule has 0 bridgehead atoms. The molecule has 1 saturated heterocycles. The predicted octanol–water partition coefficient (Wildman–Crippen LogP) is 0.760. The van der Waals surface area contributed by atoms with E-state index < -0.39 is 0 Å². The van der Waals surface area contributed by atoms with Crippen molar-refractivity contribution in [1.82, 2.24) is 10.6 Å². The Balaban J connectivity index is 2.11. The minimum atomic E-state index is 0.172. The molecule has 72 valence electrons. The van der Waals surface area contributed by atoms with Crippen LogP contribution >= 0.6 is 0 Å². The molecular weight excluding hydrogens is 150 g/mol. The summed E-state index contributed by atoms with van der Waals surface area (Å²) in [5.74, 6) is 0. The van der Waals surface area contributed by atoms with Crippen LogP contribution in [0, 0.1) is 0 Å². The molecule has 2 unspecified atom stereocenters. The van der Waals surface area contributed by atoms with Crippen LogP contribution < -0.4 is 16.4 Å². The fraction of sp³-hybridized carbons (Fsp3) is 1.00. The molecule has 0 amide bonds. The van der Waals surface area contributed by atoms with Crippen molar-refractivity contribution in [3.8, 4) is 0 Å². The van der Waals surface area contributed by atoms with Gasteiger partial charge in [-0.25, -0.2) is 0 Å². The van der Waals surface area contributed by atoms with Crippen molar-refractivity contribution in [2.75, 3.05) is 6.54 Å². The Morgan fingerprint density at radius 2 is 2.42 bits per heavy atom. The molecule has 1 heterocycles. The van der Waals surface area contributed by atoms with Gasteiger partial charge in [-0.15, -0.1) is 0 Å². The summed E-state index contributed by atoms with van der Waals surface area (Å²) in [6.07, 6.45) is 6.70. The van der Waals surface area contributed by atoms with Gasteiger partial charge < -0.3 is 11.1 Å². The summed E-state index contributed by atoms with van der Waals surface area (Å²) in [5, 5.41) is 6.80. The third-order valence-electron chi connectivity index (χ3n) is 2.33. The Hall–Kier alpha value is -0.120. The number of piperidine rings is 1. The highest BCUT2D eigenvalue weighted by molar-refractivity contribution is 4.72.